The largest absolute Gasteiger partial charge is 0.342 e. The maximum absolute atomic E-state index is 12.7. The fourth-order valence-electron chi connectivity index (χ4n) is 3.09. The monoisotopic (exact) mass is 281 g/mol. The Hall–Kier alpha value is -0.530. The molecule has 0 N–H and O–H groups in total. The Morgan fingerprint density at radius 3 is 2.00 bits per heavy atom. The van der Waals surface area contributed by atoms with E-state index in [1.165, 1.54) is 32.1 Å². The lowest BCUT2D eigenvalue weighted by atomic mass is 9.76. The number of hydrogen-bond donors (Lipinski definition) is 0. The molecule has 118 valence electrons. The molecule has 0 aliphatic carbocycles. The summed E-state index contributed by atoms with van der Waals surface area (Å²) in [5.74, 6) is 0.603. The van der Waals surface area contributed by atoms with Gasteiger partial charge in [0.1, 0.15) is 0 Å². The van der Waals surface area contributed by atoms with Crippen molar-refractivity contribution >= 4 is 5.91 Å². The first-order valence-electron chi connectivity index (χ1n) is 8.40. The van der Waals surface area contributed by atoms with Crippen LogP contribution in [0.2, 0.25) is 0 Å². The zero-order valence-electron chi connectivity index (χ0n) is 14.6. The molecule has 0 aromatic carbocycles. The number of rotatable bonds is 5. The maximum atomic E-state index is 12.7. The predicted octanol–water partition coefficient (Wildman–Crippen LogP) is 4.88. The second-order valence-corrected chi connectivity index (χ2v) is 8.76. The third-order valence-corrected chi connectivity index (χ3v) is 4.43. The predicted molar refractivity (Wildman–Crippen MR) is 86.7 cm³/mol. The van der Waals surface area contributed by atoms with E-state index in [4.69, 9.17) is 0 Å². The SMILES string of the molecule is CC(C)(C)CCCCC(C(=O)N1CCCC1)C(C)(C)C. The fraction of sp³-hybridized carbons (Fsp3) is 0.944. The molecule has 1 amide bonds. The highest BCUT2D eigenvalue weighted by Crippen LogP contribution is 2.33. The molecule has 1 unspecified atom stereocenters. The lowest BCUT2D eigenvalue weighted by Gasteiger charge is -2.33. The summed E-state index contributed by atoms with van der Waals surface area (Å²) < 4.78 is 0. The molecule has 0 radical (unpaired) electrons. The summed E-state index contributed by atoms with van der Waals surface area (Å²) in [6.07, 6.45) is 7.10. The van der Waals surface area contributed by atoms with E-state index in [0.717, 1.165) is 19.5 Å². The quantitative estimate of drug-likeness (QED) is 0.658. The third-order valence-electron chi connectivity index (χ3n) is 4.43. The van der Waals surface area contributed by atoms with E-state index in [-0.39, 0.29) is 11.3 Å². The second-order valence-electron chi connectivity index (χ2n) is 8.76. The van der Waals surface area contributed by atoms with Gasteiger partial charge in [-0.15, -0.1) is 0 Å². The number of unbranched alkanes of at least 4 members (excludes halogenated alkanes) is 1. The summed E-state index contributed by atoms with van der Waals surface area (Å²) in [6.45, 7) is 15.5. The molecule has 0 spiro atoms. The van der Waals surface area contributed by atoms with Crippen LogP contribution in [0.5, 0.6) is 0 Å². The van der Waals surface area contributed by atoms with Gasteiger partial charge in [0.05, 0.1) is 0 Å². The van der Waals surface area contributed by atoms with E-state index in [1.807, 2.05) is 0 Å². The molecule has 0 bridgehead atoms. The maximum Gasteiger partial charge on any atom is 0.226 e. The number of amides is 1. The minimum absolute atomic E-state index is 0.0847. The number of nitrogens with zero attached hydrogens (tertiary/aromatic N) is 1. The van der Waals surface area contributed by atoms with Crippen molar-refractivity contribution in [3.05, 3.63) is 0 Å². The number of hydrogen-bond acceptors (Lipinski definition) is 1. The normalized spacial score (nSPS) is 18.4. The van der Waals surface area contributed by atoms with Crippen LogP contribution in [0, 0.1) is 16.7 Å². The van der Waals surface area contributed by atoms with Gasteiger partial charge in [0, 0.05) is 19.0 Å². The van der Waals surface area contributed by atoms with Gasteiger partial charge < -0.3 is 4.90 Å². The summed E-state index contributed by atoms with van der Waals surface area (Å²) in [5.41, 5.74) is 0.498. The van der Waals surface area contributed by atoms with Gasteiger partial charge >= 0.3 is 0 Å². The van der Waals surface area contributed by atoms with Crippen molar-refractivity contribution in [2.24, 2.45) is 16.7 Å². The van der Waals surface area contributed by atoms with Crippen molar-refractivity contribution in [2.75, 3.05) is 13.1 Å². The van der Waals surface area contributed by atoms with Gasteiger partial charge in [-0.2, -0.15) is 0 Å². The third kappa shape index (κ3) is 5.85. The van der Waals surface area contributed by atoms with Crippen LogP contribution in [0.3, 0.4) is 0 Å². The molecule has 0 saturated carbocycles. The molecule has 0 aromatic heterocycles. The topological polar surface area (TPSA) is 20.3 Å². The van der Waals surface area contributed by atoms with E-state index in [1.54, 1.807) is 0 Å². The standard InChI is InChI=1S/C18H35NO/c1-17(2,3)12-8-7-11-15(18(4,5)6)16(20)19-13-9-10-14-19/h15H,7-14H2,1-6H3. The molecule has 1 heterocycles. The number of carbonyl (C=O) groups excluding carboxylic acids is 1. The molecule has 20 heavy (non-hydrogen) atoms. The van der Waals surface area contributed by atoms with Crippen molar-refractivity contribution in [2.45, 2.75) is 80.1 Å². The Morgan fingerprint density at radius 1 is 1.00 bits per heavy atom. The molecular formula is C18H35NO. The molecule has 2 heteroatoms. The Kier molecular flexibility index (Phi) is 6.09. The van der Waals surface area contributed by atoms with Gasteiger partial charge in [-0.3, -0.25) is 4.79 Å². The first kappa shape index (κ1) is 17.5. The van der Waals surface area contributed by atoms with Gasteiger partial charge in [0.25, 0.3) is 0 Å². The lowest BCUT2D eigenvalue weighted by molar-refractivity contribution is -0.138. The molecule has 1 atom stereocenters. The van der Waals surface area contributed by atoms with Crippen molar-refractivity contribution in [1.29, 1.82) is 0 Å². The molecule has 1 fully saturated rings. The van der Waals surface area contributed by atoms with E-state index < -0.39 is 0 Å². The molecular weight excluding hydrogens is 246 g/mol. The Morgan fingerprint density at radius 2 is 1.55 bits per heavy atom. The van der Waals surface area contributed by atoms with Crippen LogP contribution in [0.4, 0.5) is 0 Å². The van der Waals surface area contributed by atoms with E-state index in [9.17, 15) is 4.79 Å². The molecule has 0 aromatic rings. The van der Waals surface area contributed by atoms with Crippen LogP contribution in [0.15, 0.2) is 0 Å². The Balaban J connectivity index is 2.50. The number of carbonyl (C=O) groups is 1. The van der Waals surface area contributed by atoms with Crippen molar-refractivity contribution < 1.29 is 4.79 Å². The lowest BCUT2D eigenvalue weighted by Crippen LogP contribution is -2.39. The highest BCUT2D eigenvalue weighted by atomic mass is 16.2. The van der Waals surface area contributed by atoms with Crippen LogP contribution >= 0.6 is 0 Å². The van der Waals surface area contributed by atoms with Gasteiger partial charge in [-0.25, -0.2) is 0 Å². The van der Waals surface area contributed by atoms with Crippen molar-refractivity contribution in [3.63, 3.8) is 0 Å². The highest BCUT2D eigenvalue weighted by Gasteiger charge is 2.34. The summed E-state index contributed by atoms with van der Waals surface area (Å²) >= 11 is 0. The average Bonchev–Trinajstić information content (AvgIpc) is 2.78. The van der Waals surface area contributed by atoms with E-state index in [2.05, 4.69) is 46.4 Å². The van der Waals surface area contributed by atoms with Gasteiger partial charge in [0.2, 0.25) is 5.91 Å². The van der Waals surface area contributed by atoms with Crippen LogP contribution in [-0.4, -0.2) is 23.9 Å². The van der Waals surface area contributed by atoms with Crippen LogP contribution in [0.1, 0.15) is 80.1 Å². The average molecular weight is 281 g/mol. The summed E-state index contributed by atoms with van der Waals surface area (Å²) in [7, 11) is 0. The van der Waals surface area contributed by atoms with Gasteiger partial charge in [-0.05, 0) is 36.5 Å². The summed E-state index contributed by atoms with van der Waals surface area (Å²) in [6, 6.07) is 0. The first-order chi connectivity index (χ1) is 9.11. The molecule has 2 nitrogen and oxygen atoms in total. The van der Waals surface area contributed by atoms with E-state index >= 15 is 0 Å². The second kappa shape index (κ2) is 6.95. The molecule has 1 saturated heterocycles. The van der Waals surface area contributed by atoms with Gasteiger partial charge in [0.15, 0.2) is 0 Å². The molecule has 1 rings (SSSR count). The summed E-state index contributed by atoms with van der Waals surface area (Å²) in [5, 5.41) is 0. The number of likely N-dealkylation sites (tertiary alicyclic amines) is 1. The van der Waals surface area contributed by atoms with Crippen molar-refractivity contribution in [3.8, 4) is 0 Å². The van der Waals surface area contributed by atoms with Crippen LogP contribution in [0.25, 0.3) is 0 Å². The van der Waals surface area contributed by atoms with Crippen LogP contribution in [-0.2, 0) is 4.79 Å². The molecule has 1 aliphatic heterocycles. The van der Waals surface area contributed by atoms with Gasteiger partial charge in [-0.1, -0.05) is 54.4 Å². The Labute approximate surface area is 126 Å². The summed E-state index contributed by atoms with van der Waals surface area (Å²) in [4.78, 5) is 14.8. The zero-order chi connectivity index (χ0) is 15.4. The fourth-order valence-corrected chi connectivity index (χ4v) is 3.09. The molecule has 1 aliphatic rings. The Bertz CT molecular complexity index is 302. The van der Waals surface area contributed by atoms with Crippen LogP contribution < -0.4 is 0 Å². The minimum Gasteiger partial charge on any atom is -0.342 e. The minimum atomic E-state index is 0.0847. The van der Waals surface area contributed by atoms with E-state index in [0.29, 0.717) is 11.3 Å². The van der Waals surface area contributed by atoms with Crippen molar-refractivity contribution in [1.82, 2.24) is 4.90 Å². The first-order valence-corrected chi connectivity index (χ1v) is 8.40. The zero-order valence-corrected chi connectivity index (χ0v) is 14.6. The smallest absolute Gasteiger partial charge is 0.226 e. The highest BCUT2D eigenvalue weighted by molar-refractivity contribution is 5.79.